The molecule has 0 bridgehead atoms. The van der Waals surface area contributed by atoms with Crippen molar-refractivity contribution in [3.63, 3.8) is 0 Å². The molecule has 0 heterocycles. The number of hydrogen-bond donors (Lipinski definition) is 0. The minimum Gasteiger partial charge on any atom is -0.333 e. The fourth-order valence-corrected chi connectivity index (χ4v) is 1.54. The highest BCUT2D eigenvalue weighted by Gasteiger charge is 2.00. The Morgan fingerprint density at radius 2 is 1.19 bits per heavy atom. The zero-order chi connectivity index (χ0) is 12.4. The first-order valence-corrected chi connectivity index (χ1v) is 6.03. The van der Waals surface area contributed by atoms with Crippen LogP contribution in [0.2, 0.25) is 0 Å². The van der Waals surface area contributed by atoms with Gasteiger partial charge in [-0.25, -0.2) is 0 Å². The smallest absolute Gasteiger partial charge is 0.0272 e. The Morgan fingerprint density at radius 3 is 1.50 bits per heavy atom. The average molecular weight is 225 g/mol. The lowest BCUT2D eigenvalue weighted by molar-refractivity contribution is 0.314. The van der Waals surface area contributed by atoms with Crippen LogP contribution in [0, 0.1) is 12.0 Å². The molecule has 94 valence electrons. The highest BCUT2D eigenvalue weighted by Crippen LogP contribution is 1.94. The number of hydrogen-bond acceptors (Lipinski definition) is 3. The van der Waals surface area contributed by atoms with Crippen LogP contribution in [0.25, 0.3) is 0 Å². The Morgan fingerprint density at radius 1 is 0.750 bits per heavy atom. The van der Waals surface area contributed by atoms with Gasteiger partial charge in [-0.3, -0.25) is 0 Å². The zero-order valence-electron chi connectivity index (χ0n) is 11.6. The van der Waals surface area contributed by atoms with Crippen molar-refractivity contribution in [3.05, 3.63) is 0 Å². The molecule has 0 aromatic heterocycles. The second kappa shape index (κ2) is 9.50. The van der Waals surface area contributed by atoms with Crippen LogP contribution >= 0.6 is 0 Å². The lowest BCUT2D eigenvalue weighted by atomic mass is 10.3. The molecule has 16 heavy (non-hydrogen) atoms. The van der Waals surface area contributed by atoms with Crippen molar-refractivity contribution in [1.82, 2.24) is 14.7 Å². The molecule has 0 aromatic rings. The van der Waals surface area contributed by atoms with Crippen molar-refractivity contribution in [2.75, 3.05) is 54.4 Å². The SMILES string of the molecule is CC#CN(CCCN(C)C)CCCN(C)C. The second-order valence-corrected chi connectivity index (χ2v) is 4.66. The predicted octanol–water partition coefficient (Wildman–Crippen LogP) is 1.17. The van der Waals surface area contributed by atoms with E-state index in [2.05, 4.69) is 54.9 Å². The van der Waals surface area contributed by atoms with Gasteiger partial charge in [0, 0.05) is 19.1 Å². The van der Waals surface area contributed by atoms with E-state index in [9.17, 15) is 0 Å². The fourth-order valence-electron chi connectivity index (χ4n) is 1.54. The summed E-state index contributed by atoms with van der Waals surface area (Å²) in [5.41, 5.74) is 0. The molecule has 0 aliphatic rings. The predicted molar refractivity (Wildman–Crippen MR) is 71.4 cm³/mol. The lowest BCUT2D eigenvalue weighted by Crippen LogP contribution is -2.26. The molecule has 0 aliphatic heterocycles. The first-order chi connectivity index (χ1) is 7.56. The summed E-state index contributed by atoms with van der Waals surface area (Å²) in [6.45, 7) is 6.33. The van der Waals surface area contributed by atoms with Crippen molar-refractivity contribution in [1.29, 1.82) is 0 Å². The maximum absolute atomic E-state index is 3.18. The van der Waals surface area contributed by atoms with Crippen LogP contribution in [0.4, 0.5) is 0 Å². The minimum atomic E-state index is 1.08. The van der Waals surface area contributed by atoms with Gasteiger partial charge in [-0.2, -0.15) is 0 Å². The summed E-state index contributed by atoms with van der Waals surface area (Å²) >= 11 is 0. The van der Waals surface area contributed by atoms with E-state index in [0.29, 0.717) is 0 Å². The van der Waals surface area contributed by atoms with E-state index in [1.54, 1.807) is 0 Å². The third-order valence-corrected chi connectivity index (χ3v) is 2.34. The van der Waals surface area contributed by atoms with Crippen molar-refractivity contribution in [2.24, 2.45) is 0 Å². The van der Waals surface area contributed by atoms with E-state index >= 15 is 0 Å². The van der Waals surface area contributed by atoms with Crippen molar-refractivity contribution < 1.29 is 0 Å². The summed E-state index contributed by atoms with van der Waals surface area (Å²) < 4.78 is 0. The van der Waals surface area contributed by atoms with Crippen LogP contribution in [-0.4, -0.2) is 69.1 Å². The van der Waals surface area contributed by atoms with Crippen molar-refractivity contribution in [3.8, 4) is 12.0 Å². The van der Waals surface area contributed by atoms with Crippen molar-refractivity contribution >= 4 is 0 Å². The summed E-state index contributed by atoms with van der Waals surface area (Å²) in [4.78, 5) is 6.68. The highest BCUT2D eigenvalue weighted by atomic mass is 15.1. The van der Waals surface area contributed by atoms with E-state index in [0.717, 1.165) is 26.2 Å². The maximum Gasteiger partial charge on any atom is 0.0272 e. The van der Waals surface area contributed by atoms with Crippen LogP contribution in [0.1, 0.15) is 19.8 Å². The van der Waals surface area contributed by atoms with E-state index in [1.165, 1.54) is 12.8 Å². The monoisotopic (exact) mass is 225 g/mol. The van der Waals surface area contributed by atoms with Gasteiger partial charge < -0.3 is 14.7 Å². The molecular formula is C13H27N3. The first-order valence-electron chi connectivity index (χ1n) is 6.03. The third kappa shape index (κ3) is 9.82. The summed E-state index contributed by atoms with van der Waals surface area (Å²) in [5, 5.41) is 0. The summed E-state index contributed by atoms with van der Waals surface area (Å²) in [6, 6.07) is 3.18. The second-order valence-electron chi connectivity index (χ2n) is 4.66. The van der Waals surface area contributed by atoms with Crippen LogP contribution < -0.4 is 0 Å². The minimum absolute atomic E-state index is 1.08. The van der Waals surface area contributed by atoms with E-state index in [1.807, 2.05) is 6.92 Å². The third-order valence-electron chi connectivity index (χ3n) is 2.34. The molecule has 0 saturated heterocycles. The van der Waals surface area contributed by atoms with Gasteiger partial charge in [0.25, 0.3) is 0 Å². The lowest BCUT2D eigenvalue weighted by Gasteiger charge is -2.20. The molecule has 0 atom stereocenters. The zero-order valence-corrected chi connectivity index (χ0v) is 11.6. The largest absolute Gasteiger partial charge is 0.333 e. The molecule has 3 nitrogen and oxygen atoms in total. The summed E-state index contributed by atoms with van der Waals surface area (Å²) in [7, 11) is 8.45. The van der Waals surface area contributed by atoms with Gasteiger partial charge >= 0.3 is 0 Å². The van der Waals surface area contributed by atoms with Crippen LogP contribution in [0.3, 0.4) is 0 Å². The van der Waals surface area contributed by atoms with E-state index in [-0.39, 0.29) is 0 Å². The van der Waals surface area contributed by atoms with E-state index < -0.39 is 0 Å². The normalized spacial score (nSPS) is 10.4. The Hall–Kier alpha value is -0.720. The molecule has 0 spiro atoms. The quantitative estimate of drug-likeness (QED) is 0.453. The Bertz CT molecular complexity index is 199. The van der Waals surface area contributed by atoms with Crippen LogP contribution in [-0.2, 0) is 0 Å². The molecule has 0 aromatic carbocycles. The van der Waals surface area contributed by atoms with E-state index in [4.69, 9.17) is 0 Å². The van der Waals surface area contributed by atoms with Crippen LogP contribution in [0.15, 0.2) is 0 Å². The maximum atomic E-state index is 3.18. The summed E-state index contributed by atoms with van der Waals surface area (Å²) in [5.74, 6) is 2.99. The highest BCUT2D eigenvalue weighted by molar-refractivity contribution is 4.94. The van der Waals surface area contributed by atoms with Gasteiger partial charge in [-0.05, 0) is 61.0 Å². The standard InChI is InChI=1S/C13H27N3/c1-6-9-16(12-7-10-14(2)3)13-8-11-15(4)5/h7-8,10-13H2,1-5H3. The molecule has 0 fully saturated rings. The van der Waals surface area contributed by atoms with Gasteiger partial charge in [0.15, 0.2) is 0 Å². The molecule has 0 rings (SSSR count). The van der Waals surface area contributed by atoms with Gasteiger partial charge in [0.1, 0.15) is 0 Å². The average Bonchev–Trinajstić information content (AvgIpc) is 2.16. The molecule has 0 amide bonds. The molecular weight excluding hydrogens is 198 g/mol. The molecule has 0 radical (unpaired) electrons. The molecule has 0 N–H and O–H groups in total. The molecule has 0 unspecified atom stereocenters. The number of rotatable bonds is 8. The molecule has 0 saturated carbocycles. The van der Waals surface area contributed by atoms with Crippen molar-refractivity contribution in [2.45, 2.75) is 19.8 Å². The van der Waals surface area contributed by atoms with Crippen LogP contribution in [0.5, 0.6) is 0 Å². The van der Waals surface area contributed by atoms with Gasteiger partial charge in [-0.15, -0.1) is 0 Å². The van der Waals surface area contributed by atoms with Gasteiger partial charge in [0.2, 0.25) is 0 Å². The topological polar surface area (TPSA) is 9.72 Å². The fraction of sp³-hybridized carbons (Fsp3) is 0.846. The van der Waals surface area contributed by atoms with Gasteiger partial charge in [-0.1, -0.05) is 5.92 Å². The summed E-state index contributed by atoms with van der Waals surface area (Å²) in [6.07, 6.45) is 2.37. The molecule has 0 aliphatic carbocycles. The Kier molecular flexibility index (Phi) is 9.07. The Labute approximate surface area is 101 Å². The number of nitrogens with zero attached hydrogens (tertiary/aromatic N) is 3. The Balaban J connectivity index is 3.74. The molecule has 3 heteroatoms. The first kappa shape index (κ1) is 15.3. The van der Waals surface area contributed by atoms with Gasteiger partial charge in [0.05, 0.1) is 0 Å².